The molecule has 0 aromatic heterocycles. The van der Waals surface area contributed by atoms with E-state index >= 15 is 0 Å². The average molecular weight is 304 g/mol. The second-order valence-corrected chi connectivity index (χ2v) is 4.86. The van der Waals surface area contributed by atoms with E-state index in [2.05, 4.69) is 4.85 Å². The minimum atomic E-state index is 0.388. The van der Waals surface area contributed by atoms with Crippen LogP contribution >= 0.6 is 23.2 Å². The highest BCUT2D eigenvalue weighted by Gasteiger charge is 2.05. The van der Waals surface area contributed by atoms with E-state index in [1.165, 1.54) is 0 Å². The molecule has 0 spiro atoms. The van der Waals surface area contributed by atoms with Crippen molar-refractivity contribution in [3.05, 3.63) is 69.0 Å². The quantitative estimate of drug-likeness (QED) is 0.522. The summed E-state index contributed by atoms with van der Waals surface area (Å²) in [6, 6.07) is 10.9. The highest BCUT2D eigenvalue weighted by atomic mass is 35.5. The van der Waals surface area contributed by atoms with E-state index in [4.69, 9.17) is 34.5 Å². The maximum atomic E-state index is 7.16. The van der Waals surface area contributed by atoms with E-state index in [9.17, 15) is 0 Å². The molecule has 20 heavy (non-hydrogen) atoms. The number of halogens is 2. The Balaban J connectivity index is 2.31. The van der Waals surface area contributed by atoms with Gasteiger partial charge in [-0.2, -0.15) is 0 Å². The van der Waals surface area contributed by atoms with Crippen LogP contribution in [0.5, 0.6) is 5.75 Å². The first-order valence-corrected chi connectivity index (χ1v) is 6.58. The minimum Gasteiger partial charge on any atom is -0.497 e. The van der Waals surface area contributed by atoms with Gasteiger partial charge in [0.2, 0.25) is 0 Å². The Morgan fingerprint density at radius 3 is 2.30 bits per heavy atom. The Labute approximate surface area is 128 Å². The standard InChI is InChI=1S/C16H11Cl2NO/c1-19-16-10-15(18)14(17)9-12(16)6-3-11-4-7-13(20-2)8-5-11/h3-10H,2H3/b6-3+. The van der Waals surface area contributed by atoms with Gasteiger partial charge in [-0.3, -0.25) is 0 Å². The maximum Gasteiger partial charge on any atom is 0.195 e. The summed E-state index contributed by atoms with van der Waals surface area (Å²) < 4.78 is 5.10. The second kappa shape index (κ2) is 6.47. The molecule has 100 valence electrons. The first-order valence-electron chi connectivity index (χ1n) is 5.82. The van der Waals surface area contributed by atoms with Crippen molar-refractivity contribution in [2.45, 2.75) is 0 Å². The van der Waals surface area contributed by atoms with Crippen LogP contribution in [0.25, 0.3) is 17.0 Å². The summed E-state index contributed by atoms with van der Waals surface area (Å²) in [4.78, 5) is 3.45. The summed E-state index contributed by atoms with van der Waals surface area (Å²) in [6.45, 7) is 7.16. The molecule has 0 aliphatic rings. The average Bonchev–Trinajstić information content (AvgIpc) is 2.48. The van der Waals surface area contributed by atoms with Crippen molar-refractivity contribution in [2.75, 3.05) is 7.11 Å². The number of rotatable bonds is 3. The third-order valence-electron chi connectivity index (χ3n) is 2.76. The zero-order chi connectivity index (χ0) is 14.5. The summed E-state index contributed by atoms with van der Waals surface area (Å²) in [5, 5.41) is 0.827. The topological polar surface area (TPSA) is 13.6 Å². The van der Waals surface area contributed by atoms with Gasteiger partial charge in [0, 0.05) is 5.02 Å². The summed E-state index contributed by atoms with van der Waals surface area (Å²) in [6.07, 6.45) is 3.76. The number of methoxy groups -OCH3 is 1. The van der Waals surface area contributed by atoms with Crippen LogP contribution in [0.4, 0.5) is 5.69 Å². The van der Waals surface area contributed by atoms with E-state index < -0.39 is 0 Å². The Hall–Kier alpha value is -1.95. The minimum absolute atomic E-state index is 0.388. The molecule has 0 amide bonds. The SMILES string of the molecule is [C-]#[N+]c1cc(Cl)c(Cl)cc1/C=C/c1ccc(OC)cc1. The Bertz CT molecular complexity index is 685. The molecule has 0 N–H and O–H groups in total. The van der Waals surface area contributed by atoms with Gasteiger partial charge in [0.1, 0.15) is 5.75 Å². The van der Waals surface area contributed by atoms with Crippen molar-refractivity contribution in [3.63, 3.8) is 0 Å². The van der Waals surface area contributed by atoms with Crippen LogP contribution in [-0.2, 0) is 0 Å². The van der Waals surface area contributed by atoms with Crippen LogP contribution < -0.4 is 4.74 Å². The lowest BCUT2D eigenvalue weighted by Crippen LogP contribution is -1.81. The molecule has 2 aromatic carbocycles. The van der Waals surface area contributed by atoms with Gasteiger partial charge in [-0.25, -0.2) is 4.85 Å². The lowest BCUT2D eigenvalue weighted by atomic mass is 10.1. The predicted molar refractivity (Wildman–Crippen MR) is 84.6 cm³/mol. The van der Waals surface area contributed by atoms with Gasteiger partial charge in [-0.05, 0) is 35.4 Å². The highest BCUT2D eigenvalue weighted by Crippen LogP contribution is 2.32. The molecule has 0 radical (unpaired) electrons. The van der Waals surface area contributed by atoms with E-state index in [0.717, 1.165) is 16.9 Å². The molecular formula is C16H11Cl2NO. The summed E-state index contributed by atoms with van der Waals surface area (Å²) in [5.74, 6) is 0.804. The summed E-state index contributed by atoms with van der Waals surface area (Å²) in [5.41, 5.74) is 2.22. The second-order valence-electron chi connectivity index (χ2n) is 4.04. The van der Waals surface area contributed by atoms with Crippen LogP contribution in [0.1, 0.15) is 11.1 Å². The Morgan fingerprint density at radius 2 is 1.70 bits per heavy atom. The van der Waals surface area contributed by atoms with E-state index in [1.807, 2.05) is 36.4 Å². The first-order chi connectivity index (χ1) is 9.63. The third kappa shape index (κ3) is 3.33. The highest BCUT2D eigenvalue weighted by molar-refractivity contribution is 6.42. The van der Waals surface area contributed by atoms with Crippen molar-refractivity contribution in [1.29, 1.82) is 0 Å². The van der Waals surface area contributed by atoms with Crippen molar-refractivity contribution in [3.8, 4) is 5.75 Å². The van der Waals surface area contributed by atoms with Crippen LogP contribution in [0.3, 0.4) is 0 Å². The molecule has 0 saturated carbocycles. The first kappa shape index (κ1) is 14.5. The number of benzene rings is 2. The van der Waals surface area contributed by atoms with Gasteiger partial charge < -0.3 is 4.74 Å². The zero-order valence-corrected chi connectivity index (χ0v) is 12.2. The van der Waals surface area contributed by atoms with Crippen molar-refractivity contribution in [2.24, 2.45) is 0 Å². The van der Waals surface area contributed by atoms with Crippen LogP contribution in [0.2, 0.25) is 10.0 Å². The number of nitrogens with zero attached hydrogens (tertiary/aromatic N) is 1. The zero-order valence-electron chi connectivity index (χ0n) is 10.7. The van der Waals surface area contributed by atoms with Crippen molar-refractivity contribution >= 4 is 41.0 Å². The van der Waals surface area contributed by atoms with Gasteiger partial charge in [0.05, 0.1) is 18.7 Å². The summed E-state index contributed by atoms with van der Waals surface area (Å²) in [7, 11) is 1.63. The fourth-order valence-electron chi connectivity index (χ4n) is 1.68. The van der Waals surface area contributed by atoms with Crippen molar-refractivity contribution in [1.82, 2.24) is 0 Å². The Morgan fingerprint density at radius 1 is 1.05 bits per heavy atom. The largest absolute Gasteiger partial charge is 0.497 e. The van der Waals surface area contributed by atoms with Gasteiger partial charge in [-0.1, -0.05) is 47.5 Å². The van der Waals surface area contributed by atoms with E-state index in [0.29, 0.717) is 15.7 Å². The molecule has 0 heterocycles. The molecule has 0 unspecified atom stereocenters. The normalized spacial score (nSPS) is 10.5. The van der Waals surface area contributed by atoms with Gasteiger partial charge >= 0.3 is 0 Å². The van der Waals surface area contributed by atoms with Gasteiger partial charge in [0.25, 0.3) is 0 Å². The molecular weight excluding hydrogens is 293 g/mol. The van der Waals surface area contributed by atoms with Gasteiger partial charge in [0.15, 0.2) is 5.69 Å². The summed E-state index contributed by atoms with van der Waals surface area (Å²) >= 11 is 11.9. The fourth-order valence-corrected chi connectivity index (χ4v) is 2.01. The maximum absolute atomic E-state index is 7.16. The predicted octanol–water partition coefficient (Wildman–Crippen LogP) is 5.72. The number of hydrogen-bond acceptors (Lipinski definition) is 1. The number of ether oxygens (including phenoxy) is 1. The smallest absolute Gasteiger partial charge is 0.195 e. The van der Waals surface area contributed by atoms with E-state index in [1.54, 1.807) is 19.2 Å². The monoisotopic (exact) mass is 303 g/mol. The lowest BCUT2D eigenvalue weighted by molar-refractivity contribution is 0.415. The van der Waals surface area contributed by atoms with E-state index in [-0.39, 0.29) is 0 Å². The molecule has 0 atom stereocenters. The lowest BCUT2D eigenvalue weighted by Gasteiger charge is -2.02. The molecule has 0 saturated heterocycles. The molecule has 0 aliphatic heterocycles. The molecule has 2 nitrogen and oxygen atoms in total. The molecule has 0 bridgehead atoms. The number of hydrogen-bond donors (Lipinski definition) is 0. The molecule has 2 rings (SSSR count). The molecule has 2 aromatic rings. The fraction of sp³-hybridized carbons (Fsp3) is 0.0625. The molecule has 0 fully saturated rings. The van der Waals surface area contributed by atoms with Crippen LogP contribution in [-0.4, -0.2) is 7.11 Å². The van der Waals surface area contributed by atoms with Gasteiger partial charge in [-0.15, -0.1) is 0 Å². The van der Waals surface area contributed by atoms with Crippen LogP contribution in [0, 0.1) is 6.57 Å². The molecule has 4 heteroatoms. The third-order valence-corrected chi connectivity index (χ3v) is 3.48. The Kier molecular flexibility index (Phi) is 4.68. The van der Waals surface area contributed by atoms with Crippen molar-refractivity contribution < 1.29 is 4.74 Å². The molecule has 0 aliphatic carbocycles. The van der Waals surface area contributed by atoms with Crippen LogP contribution in [0.15, 0.2) is 36.4 Å².